The molecule has 3 rings (SSSR count). The van der Waals surface area contributed by atoms with Crippen molar-refractivity contribution in [2.75, 3.05) is 19.6 Å². The van der Waals surface area contributed by atoms with Crippen molar-refractivity contribution >= 4 is 44.8 Å². The highest BCUT2D eigenvalue weighted by molar-refractivity contribution is 7.89. The normalized spacial score (nSPS) is 29.8. The van der Waals surface area contributed by atoms with Gasteiger partial charge in [-0.1, -0.05) is 34.8 Å². The van der Waals surface area contributed by atoms with E-state index in [0.717, 1.165) is 13.1 Å². The molecule has 2 aliphatic rings. The second-order valence-electron chi connectivity index (χ2n) is 5.60. The molecule has 0 amide bonds. The number of halogens is 3. The lowest BCUT2D eigenvalue weighted by Gasteiger charge is -2.24. The maximum absolute atomic E-state index is 12.9. The van der Waals surface area contributed by atoms with E-state index < -0.39 is 10.0 Å². The van der Waals surface area contributed by atoms with E-state index in [-0.39, 0.29) is 21.0 Å². The number of nitrogens with zero attached hydrogens (tertiary/aromatic N) is 1. The van der Waals surface area contributed by atoms with Crippen molar-refractivity contribution in [2.24, 2.45) is 11.8 Å². The summed E-state index contributed by atoms with van der Waals surface area (Å²) in [5, 5.41) is 3.75. The Morgan fingerprint density at radius 3 is 2.38 bits per heavy atom. The zero-order chi connectivity index (χ0) is 15.4. The minimum atomic E-state index is -3.73. The Morgan fingerprint density at radius 2 is 1.81 bits per heavy atom. The summed E-state index contributed by atoms with van der Waals surface area (Å²) in [5.74, 6) is 0.684. The molecule has 2 heterocycles. The topological polar surface area (TPSA) is 49.4 Å². The predicted octanol–water partition coefficient (Wildman–Crippen LogP) is 2.88. The van der Waals surface area contributed by atoms with Gasteiger partial charge in [-0.2, -0.15) is 4.31 Å². The Bertz CT molecular complexity index is 657. The van der Waals surface area contributed by atoms with Gasteiger partial charge in [0.2, 0.25) is 10.0 Å². The Kier molecular flexibility index (Phi) is 4.19. The maximum atomic E-state index is 12.9. The zero-order valence-electron chi connectivity index (χ0n) is 11.3. The summed E-state index contributed by atoms with van der Waals surface area (Å²) in [6, 6.07) is 2.74. The summed E-state index contributed by atoms with van der Waals surface area (Å²) in [5.41, 5.74) is 0. The van der Waals surface area contributed by atoms with Crippen LogP contribution in [0.5, 0.6) is 0 Å². The van der Waals surface area contributed by atoms with Gasteiger partial charge in [-0.3, -0.25) is 0 Å². The molecule has 1 aromatic rings. The first kappa shape index (κ1) is 15.8. The third-order valence-corrected chi connectivity index (χ3v) is 7.50. The van der Waals surface area contributed by atoms with Gasteiger partial charge in [0.25, 0.3) is 0 Å². The summed E-state index contributed by atoms with van der Waals surface area (Å²) < 4.78 is 27.4. The van der Waals surface area contributed by atoms with E-state index in [1.165, 1.54) is 16.4 Å². The minimum absolute atomic E-state index is 0.0463. The van der Waals surface area contributed by atoms with Gasteiger partial charge in [0.15, 0.2) is 0 Å². The smallest absolute Gasteiger partial charge is 0.246 e. The van der Waals surface area contributed by atoms with Crippen molar-refractivity contribution in [2.45, 2.75) is 17.9 Å². The molecule has 2 saturated heterocycles. The van der Waals surface area contributed by atoms with Gasteiger partial charge in [-0.05, 0) is 44.0 Å². The predicted molar refractivity (Wildman–Crippen MR) is 84.7 cm³/mol. The molecule has 3 atom stereocenters. The van der Waals surface area contributed by atoms with Crippen molar-refractivity contribution in [3.63, 3.8) is 0 Å². The number of hydrogen-bond donors (Lipinski definition) is 1. The average molecular weight is 370 g/mol. The van der Waals surface area contributed by atoms with E-state index in [1.807, 2.05) is 6.92 Å². The highest BCUT2D eigenvalue weighted by atomic mass is 35.5. The molecule has 116 valence electrons. The second kappa shape index (κ2) is 5.55. The number of rotatable bonds is 2. The van der Waals surface area contributed by atoms with Gasteiger partial charge in [0.1, 0.15) is 4.90 Å². The minimum Gasteiger partial charge on any atom is -0.316 e. The highest BCUT2D eigenvalue weighted by Gasteiger charge is 2.47. The van der Waals surface area contributed by atoms with Crippen LogP contribution in [-0.2, 0) is 10.0 Å². The highest BCUT2D eigenvalue weighted by Crippen LogP contribution is 2.40. The fraction of sp³-hybridized carbons (Fsp3) is 0.538. The van der Waals surface area contributed by atoms with Crippen molar-refractivity contribution < 1.29 is 8.42 Å². The van der Waals surface area contributed by atoms with Crippen LogP contribution in [-0.4, -0.2) is 38.4 Å². The Balaban J connectivity index is 2.02. The molecule has 1 aromatic carbocycles. The average Bonchev–Trinajstić information content (AvgIpc) is 2.91. The van der Waals surface area contributed by atoms with Gasteiger partial charge in [-0.25, -0.2) is 8.42 Å². The first-order valence-corrected chi connectivity index (χ1v) is 9.27. The van der Waals surface area contributed by atoms with E-state index in [4.69, 9.17) is 34.8 Å². The number of sulfonamides is 1. The van der Waals surface area contributed by atoms with E-state index in [9.17, 15) is 8.42 Å². The monoisotopic (exact) mass is 368 g/mol. The van der Waals surface area contributed by atoms with E-state index >= 15 is 0 Å². The molecule has 4 nitrogen and oxygen atoms in total. The van der Waals surface area contributed by atoms with Crippen LogP contribution in [0.2, 0.25) is 15.1 Å². The van der Waals surface area contributed by atoms with Gasteiger partial charge in [0.05, 0.1) is 10.0 Å². The van der Waals surface area contributed by atoms with Crippen LogP contribution in [0.15, 0.2) is 17.0 Å². The largest absolute Gasteiger partial charge is 0.316 e. The summed E-state index contributed by atoms with van der Waals surface area (Å²) in [4.78, 5) is -0.0463. The van der Waals surface area contributed by atoms with Crippen molar-refractivity contribution in [3.8, 4) is 0 Å². The SMILES string of the molecule is CC1C2CNCC2CN1S(=O)(=O)c1c(Cl)cc(Cl)cc1Cl. The van der Waals surface area contributed by atoms with E-state index in [1.54, 1.807) is 0 Å². The zero-order valence-corrected chi connectivity index (χ0v) is 14.4. The fourth-order valence-corrected chi connectivity index (χ4v) is 6.57. The molecule has 1 N–H and O–H groups in total. The lowest BCUT2D eigenvalue weighted by atomic mass is 9.95. The number of nitrogens with one attached hydrogen (secondary N) is 1. The maximum Gasteiger partial charge on any atom is 0.246 e. The molecule has 0 bridgehead atoms. The number of fused-ring (bicyclic) bond motifs is 1. The summed E-state index contributed by atoms with van der Waals surface area (Å²) in [7, 11) is -3.73. The van der Waals surface area contributed by atoms with Crippen molar-refractivity contribution in [1.29, 1.82) is 0 Å². The van der Waals surface area contributed by atoms with Gasteiger partial charge in [0, 0.05) is 17.6 Å². The first-order valence-electron chi connectivity index (χ1n) is 6.69. The molecule has 8 heteroatoms. The molecule has 2 fully saturated rings. The van der Waals surface area contributed by atoms with Gasteiger partial charge < -0.3 is 5.32 Å². The number of benzene rings is 1. The van der Waals surface area contributed by atoms with E-state index in [2.05, 4.69) is 5.32 Å². The standard InChI is InChI=1S/C13H15Cl3N2O2S/c1-7-10-5-17-4-8(10)6-18(7)21(19,20)13-11(15)2-9(14)3-12(13)16/h2-3,7-8,10,17H,4-6H2,1H3. The molecular formula is C13H15Cl3N2O2S. The van der Waals surface area contributed by atoms with Crippen LogP contribution in [0, 0.1) is 11.8 Å². The van der Waals surface area contributed by atoms with Crippen molar-refractivity contribution in [3.05, 3.63) is 27.2 Å². The third kappa shape index (κ3) is 2.58. The molecule has 21 heavy (non-hydrogen) atoms. The van der Waals surface area contributed by atoms with Crippen LogP contribution in [0.4, 0.5) is 0 Å². The lowest BCUT2D eigenvalue weighted by Crippen LogP contribution is -2.38. The lowest BCUT2D eigenvalue weighted by molar-refractivity contribution is 0.360. The van der Waals surface area contributed by atoms with Gasteiger partial charge in [-0.15, -0.1) is 0 Å². The molecule has 0 spiro atoms. The Hall–Kier alpha value is -0.0400. The molecule has 2 aliphatic heterocycles. The second-order valence-corrected chi connectivity index (χ2v) is 8.67. The van der Waals surface area contributed by atoms with Crippen LogP contribution in [0.3, 0.4) is 0 Å². The van der Waals surface area contributed by atoms with Crippen LogP contribution in [0.25, 0.3) is 0 Å². The molecule has 0 aliphatic carbocycles. The summed E-state index contributed by atoms with van der Waals surface area (Å²) >= 11 is 18.0. The Labute approximate surface area is 139 Å². The van der Waals surface area contributed by atoms with Crippen LogP contribution < -0.4 is 5.32 Å². The first-order chi connectivity index (χ1) is 9.82. The fourth-order valence-electron chi connectivity index (χ4n) is 3.34. The molecule has 0 saturated carbocycles. The third-order valence-electron chi connectivity index (χ3n) is 4.41. The van der Waals surface area contributed by atoms with Gasteiger partial charge >= 0.3 is 0 Å². The van der Waals surface area contributed by atoms with Crippen molar-refractivity contribution in [1.82, 2.24) is 9.62 Å². The summed E-state index contributed by atoms with van der Waals surface area (Å²) in [6.07, 6.45) is 0. The quantitative estimate of drug-likeness (QED) is 0.872. The molecule has 0 radical (unpaired) electrons. The van der Waals surface area contributed by atoms with Crippen LogP contribution in [0.1, 0.15) is 6.92 Å². The Morgan fingerprint density at radius 1 is 1.19 bits per heavy atom. The van der Waals surface area contributed by atoms with Crippen LogP contribution >= 0.6 is 34.8 Å². The summed E-state index contributed by atoms with van der Waals surface area (Å²) in [6.45, 7) is 4.13. The number of hydrogen-bond acceptors (Lipinski definition) is 3. The molecule has 3 unspecified atom stereocenters. The molecule has 0 aromatic heterocycles. The van der Waals surface area contributed by atoms with E-state index in [0.29, 0.717) is 23.4 Å². The molecular weight excluding hydrogens is 355 g/mol.